The van der Waals surface area contributed by atoms with Crippen molar-refractivity contribution in [1.29, 1.82) is 0 Å². The molecule has 0 aliphatic carbocycles. The number of hydrogen-bond acceptors (Lipinski definition) is 3. The van der Waals surface area contributed by atoms with Gasteiger partial charge in [0.25, 0.3) is 0 Å². The first-order valence-electron chi connectivity index (χ1n) is 9.28. The van der Waals surface area contributed by atoms with Crippen molar-refractivity contribution in [2.24, 2.45) is 0 Å². The van der Waals surface area contributed by atoms with E-state index < -0.39 is 28.7 Å². The van der Waals surface area contributed by atoms with Crippen LogP contribution in [0.5, 0.6) is 0 Å². The lowest BCUT2D eigenvalue weighted by Gasteiger charge is -2.23. The second-order valence-corrected chi connectivity index (χ2v) is 7.24. The van der Waals surface area contributed by atoms with E-state index in [2.05, 4.69) is 10.6 Å². The number of hydrogen-bond donors (Lipinski definition) is 2. The van der Waals surface area contributed by atoms with Crippen molar-refractivity contribution in [3.8, 4) is 0 Å². The number of carbonyl (C=O) groups is 2. The van der Waals surface area contributed by atoms with Crippen molar-refractivity contribution in [2.45, 2.75) is 32.5 Å². The lowest BCUT2D eigenvalue weighted by atomic mass is 10.1. The van der Waals surface area contributed by atoms with E-state index in [-0.39, 0.29) is 18.1 Å². The van der Waals surface area contributed by atoms with Crippen LogP contribution in [0.15, 0.2) is 42.5 Å². The molecule has 0 spiro atoms. The fourth-order valence-corrected chi connectivity index (χ4v) is 3.00. The molecule has 2 amide bonds. The van der Waals surface area contributed by atoms with Crippen LogP contribution < -0.4 is 10.6 Å². The number of halogens is 4. The summed E-state index contributed by atoms with van der Waals surface area (Å²) in [6.45, 7) is 3.47. The molecule has 0 heterocycles. The van der Waals surface area contributed by atoms with Gasteiger partial charge >= 0.3 is 6.18 Å². The molecule has 0 saturated heterocycles. The molecule has 2 N–H and O–H groups in total. The van der Waals surface area contributed by atoms with Gasteiger partial charge in [-0.3, -0.25) is 14.5 Å². The zero-order valence-corrected chi connectivity index (χ0v) is 17.6. The summed E-state index contributed by atoms with van der Waals surface area (Å²) >= 11 is 5.59. The van der Waals surface area contributed by atoms with Crippen LogP contribution >= 0.6 is 11.6 Å². The van der Waals surface area contributed by atoms with Gasteiger partial charge in [-0.25, -0.2) is 0 Å². The Bertz CT molecular complexity index is 919. The van der Waals surface area contributed by atoms with Gasteiger partial charge in [0.15, 0.2) is 0 Å². The maximum Gasteiger partial charge on any atom is 0.417 e. The molecule has 2 rings (SSSR count). The van der Waals surface area contributed by atoms with Gasteiger partial charge in [-0.05, 0) is 50.2 Å². The summed E-state index contributed by atoms with van der Waals surface area (Å²) in [5.74, 6) is -0.849. The highest BCUT2D eigenvalue weighted by molar-refractivity contribution is 6.31. The van der Waals surface area contributed by atoms with Crippen LogP contribution in [-0.4, -0.2) is 36.3 Å². The largest absolute Gasteiger partial charge is 0.417 e. The summed E-state index contributed by atoms with van der Waals surface area (Å²) in [6, 6.07) is 9.79. The van der Waals surface area contributed by atoms with Crippen LogP contribution in [0.4, 0.5) is 24.5 Å². The number of rotatable bonds is 7. The van der Waals surface area contributed by atoms with E-state index in [4.69, 9.17) is 11.6 Å². The number of likely N-dealkylation sites (N-methyl/N-ethyl adjacent to an activating group) is 1. The summed E-state index contributed by atoms with van der Waals surface area (Å²) < 4.78 is 38.9. The molecule has 9 heteroatoms. The molecule has 5 nitrogen and oxygen atoms in total. The fraction of sp³-hybridized carbons (Fsp3) is 0.333. The lowest BCUT2D eigenvalue weighted by Crippen LogP contribution is -2.43. The highest BCUT2D eigenvalue weighted by atomic mass is 35.5. The first kappa shape index (κ1) is 23.7. The molecular weight excluding hydrogens is 419 g/mol. The number of anilines is 2. The van der Waals surface area contributed by atoms with E-state index in [0.29, 0.717) is 5.69 Å². The number of carbonyl (C=O) groups excluding carboxylic acids is 2. The number of benzene rings is 2. The topological polar surface area (TPSA) is 61.4 Å². The number of amides is 2. The molecule has 0 bridgehead atoms. The number of nitrogens with zero attached hydrogens (tertiary/aromatic N) is 1. The second-order valence-electron chi connectivity index (χ2n) is 6.83. The third-order valence-electron chi connectivity index (χ3n) is 4.65. The highest BCUT2D eigenvalue weighted by Gasteiger charge is 2.33. The van der Waals surface area contributed by atoms with Gasteiger partial charge in [0, 0.05) is 11.4 Å². The maximum absolute atomic E-state index is 13.0. The summed E-state index contributed by atoms with van der Waals surface area (Å²) in [7, 11) is 1.58. The SMILES string of the molecule is CCc1ccccc1NC(=O)CN(C)C(C)C(=O)Nc1ccc(Cl)c(C(F)(F)F)c1. The minimum Gasteiger partial charge on any atom is -0.325 e. The monoisotopic (exact) mass is 441 g/mol. The van der Waals surface area contributed by atoms with E-state index in [1.54, 1.807) is 20.0 Å². The van der Waals surface area contributed by atoms with Crippen molar-refractivity contribution in [1.82, 2.24) is 4.90 Å². The molecule has 0 aliphatic rings. The summed E-state index contributed by atoms with van der Waals surface area (Å²) in [6.07, 6.45) is -3.88. The first-order chi connectivity index (χ1) is 14.0. The molecule has 0 fully saturated rings. The molecular formula is C21H23ClF3N3O2. The van der Waals surface area contributed by atoms with E-state index in [1.807, 2.05) is 25.1 Å². The zero-order chi connectivity index (χ0) is 22.5. The molecule has 0 radical (unpaired) electrons. The Hall–Kier alpha value is -2.58. The number of nitrogens with one attached hydrogen (secondary N) is 2. The molecule has 0 saturated carbocycles. The predicted molar refractivity (Wildman–Crippen MR) is 112 cm³/mol. The maximum atomic E-state index is 13.0. The number of alkyl halides is 3. The van der Waals surface area contributed by atoms with Crippen LogP contribution in [0.25, 0.3) is 0 Å². The molecule has 1 atom stereocenters. The van der Waals surface area contributed by atoms with Crippen molar-refractivity contribution in [3.63, 3.8) is 0 Å². The molecule has 162 valence electrons. The summed E-state index contributed by atoms with van der Waals surface area (Å²) in [5, 5.41) is 4.80. The molecule has 30 heavy (non-hydrogen) atoms. The summed E-state index contributed by atoms with van der Waals surface area (Å²) in [4.78, 5) is 26.3. The smallest absolute Gasteiger partial charge is 0.325 e. The third-order valence-corrected chi connectivity index (χ3v) is 4.97. The van der Waals surface area contributed by atoms with Gasteiger partial charge in [-0.2, -0.15) is 13.2 Å². The van der Waals surface area contributed by atoms with Gasteiger partial charge in [0.1, 0.15) is 0 Å². The molecule has 2 aromatic rings. The Labute approximate surface area is 178 Å². The van der Waals surface area contributed by atoms with Crippen LogP contribution in [0, 0.1) is 0 Å². The van der Waals surface area contributed by atoms with E-state index in [9.17, 15) is 22.8 Å². The van der Waals surface area contributed by atoms with Crippen molar-refractivity contribution in [2.75, 3.05) is 24.2 Å². The van der Waals surface area contributed by atoms with Gasteiger partial charge in [0.05, 0.1) is 23.2 Å². The average molecular weight is 442 g/mol. The van der Waals surface area contributed by atoms with Gasteiger partial charge in [-0.1, -0.05) is 36.7 Å². The van der Waals surface area contributed by atoms with Gasteiger partial charge < -0.3 is 10.6 Å². The highest BCUT2D eigenvalue weighted by Crippen LogP contribution is 2.36. The van der Waals surface area contributed by atoms with Crippen LogP contribution in [-0.2, 0) is 22.2 Å². The van der Waals surface area contributed by atoms with Crippen LogP contribution in [0.3, 0.4) is 0 Å². The van der Waals surface area contributed by atoms with E-state index in [1.165, 1.54) is 11.0 Å². The fourth-order valence-electron chi connectivity index (χ4n) is 2.77. The molecule has 0 aromatic heterocycles. The van der Waals surface area contributed by atoms with E-state index in [0.717, 1.165) is 24.1 Å². The second kappa shape index (κ2) is 9.95. The predicted octanol–water partition coefficient (Wildman–Crippen LogP) is 4.82. The van der Waals surface area contributed by atoms with Crippen LogP contribution in [0.1, 0.15) is 25.0 Å². The Morgan fingerprint density at radius 2 is 1.80 bits per heavy atom. The minimum absolute atomic E-state index is 0.0294. The zero-order valence-electron chi connectivity index (χ0n) is 16.8. The standard InChI is InChI=1S/C21H23ClF3N3O2/c1-4-14-7-5-6-8-18(14)27-19(29)12-28(3)13(2)20(30)26-15-9-10-17(22)16(11-15)21(23,24)25/h5-11,13H,4,12H2,1-3H3,(H,26,30)(H,27,29). The van der Waals surface area contributed by atoms with Gasteiger partial charge in [0.2, 0.25) is 11.8 Å². The normalized spacial score (nSPS) is 12.5. The Morgan fingerprint density at radius 1 is 1.13 bits per heavy atom. The quantitative estimate of drug-likeness (QED) is 0.647. The number of para-hydroxylation sites is 1. The average Bonchev–Trinajstić information content (AvgIpc) is 2.68. The van der Waals surface area contributed by atoms with Crippen molar-refractivity contribution < 1.29 is 22.8 Å². The van der Waals surface area contributed by atoms with Crippen molar-refractivity contribution in [3.05, 3.63) is 58.6 Å². The number of aryl methyl sites for hydroxylation is 1. The van der Waals surface area contributed by atoms with E-state index >= 15 is 0 Å². The first-order valence-corrected chi connectivity index (χ1v) is 9.66. The Balaban J connectivity index is 1.99. The van der Waals surface area contributed by atoms with Crippen molar-refractivity contribution >= 4 is 34.8 Å². The van der Waals surface area contributed by atoms with Gasteiger partial charge in [-0.15, -0.1) is 0 Å². The minimum atomic E-state index is -4.63. The van der Waals surface area contributed by atoms with Crippen LogP contribution in [0.2, 0.25) is 5.02 Å². The molecule has 1 unspecified atom stereocenters. The molecule has 2 aromatic carbocycles. The molecule has 0 aliphatic heterocycles. The lowest BCUT2D eigenvalue weighted by molar-refractivity contribution is -0.137. The third kappa shape index (κ3) is 6.21. The Morgan fingerprint density at radius 3 is 2.43 bits per heavy atom. The summed E-state index contributed by atoms with van der Waals surface area (Å²) in [5.41, 5.74) is 0.633. The Kier molecular flexibility index (Phi) is 7.86.